The van der Waals surface area contributed by atoms with Crippen LogP contribution in [0, 0.1) is 5.41 Å². The number of nitrogens with zero attached hydrogens (tertiary/aromatic N) is 1. The van der Waals surface area contributed by atoms with Crippen LogP contribution in [0.4, 0.5) is 0 Å². The first-order chi connectivity index (χ1) is 8.16. The molecule has 2 heterocycles. The lowest BCUT2D eigenvalue weighted by atomic mass is 9.76. The highest BCUT2D eigenvalue weighted by atomic mass is 16.5. The molecule has 2 atom stereocenters. The molecule has 0 spiro atoms. The van der Waals surface area contributed by atoms with Crippen LogP contribution >= 0.6 is 0 Å². The molecule has 0 aromatic heterocycles. The third-order valence-corrected chi connectivity index (χ3v) is 4.02. The van der Waals surface area contributed by atoms with Crippen LogP contribution in [-0.4, -0.2) is 42.9 Å². The minimum atomic E-state index is -0.247. The number of fused-ring (bicyclic) bond motifs is 2. The van der Waals surface area contributed by atoms with Crippen LogP contribution in [0.25, 0.3) is 0 Å². The van der Waals surface area contributed by atoms with Gasteiger partial charge in [-0.1, -0.05) is 0 Å². The summed E-state index contributed by atoms with van der Waals surface area (Å²) in [7, 11) is 0. The van der Waals surface area contributed by atoms with Crippen LogP contribution in [0.2, 0.25) is 0 Å². The van der Waals surface area contributed by atoms with Crippen molar-refractivity contribution in [3.8, 4) is 0 Å². The average Bonchev–Trinajstić information content (AvgIpc) is 2.63. The maximum atomic E-state index is 12.3. The predicted octanol–water partition coefficient (Wildman–Crippen LogP) is 1.38. The predicted molar refractivity (Wildman–Crippen MR) is 63.6 cm³/mol. The Morgan fingerprint density at radius 1 is 1.24 bits per heavy atom. The Morgan fingerprint density at radius 2 is 2.06 bits per heavy atom. The molecule has 0 N–H and O–H groups in total. The molecule has 4 heteroatoms. The number of carbonyl (C=O) groups is 2. The van der Waals surface area contributed by atoms with E-state index in [0.29, 0.717) is 13.0 Å². The molecule has 2 saturated heterocycles. The number of hydrogen-bond donors (Lipinski definition) is 0. The quantitative estimate of drug-likeness (QED) is 0.680. The number of esters is 1. The van der Waals surface area contributed by atoms with Gasteiger partial charge in [0, 0.05) is 18.4 Å². The van der Waals surface area contributed by atoms with Crippen LogP contribution in [-0.2, 0) is 14.3 Å². The fourth-order valence-corrected chi connectivity index (χ4v) is 3.08. The molecule has 2 fully saturated rings. The molecule has 0 amide bonds. The number of carbonyl (C=O) groups excluding carboxylic acids is 2. The van der Waals surface area contributed by atoms with Crippen molar-refractivity contribution in [3.05, 3.63) is 0 Å². The van der Waals surface area contributed by atoms with Gasteiger partial charge in [-0.2, -0.15) is 0 Å². The lowest BCUT2D eigenvalue weighted by Gasteiger charge is -2.32. The first-order valence-electron chi connectivity index (χ1n) is 6.57. The zero-order valence-electron chi connectivity index (χ0n) is 10.5. The Balaban J connectivity index is 1.85. The van der Waals surface area contributed by atoms with Crippen LogP contribution in [0.1, 0.15) is 39.0 Å². The van der Waals surface area contributed by atoms with Gasteiger partial charge >= 0.3 is 5.97 Å². The molecule has 0 radical (unpaired) electrons. The molecule has 2 rings (SSSR count). The van der Waals surface area contributed by atoms with Crippen LogP contribution < -0.4 is 0 Å². The summed E-state index contributed by atoms with van der Waals surface area (Å²) in [5, 5.41) is 0. The van der Waals surface area contributed by atoms with E-state index in [0.717, 1.165) is 38.9 Å². The summed E-state index contributed by atoms with van der Waals surface area (Å²) in [4.78, 5) is 25.9. The number of hydrogen-bond acceptors (Lipinski definition) is 4. The molecule has 0 aromatic rings. The highest BCUT2D eigenvalue weighted by Crippen LogP contribution is 2.40. The van der Waals surface area contributed by atoms with Crippen molar-refractivity contribution in [2.45, 2.75) is 39.0 Å². The summed E-state index contributed by atoms with van der Waals surface area (Å²) in [5.74, 6) is 0.0238. The number of ketones is 1. The minimum absolute atomic E-state index is 0.134. The first kappa shape index (κ1) is 12.6. The maximum absolute atomic E-state index is 12.3. The number of piperidine rings is 1. The van der Waals surface area contributed by atoms with Gasteiger partial charge in [0.25, 0.3) is 0 Å². The highest BCUT2D eigenvalue weighted by molar-refractivity contribution is 5.88. The molecular formula is C13H21NO3. The zero-order valence-corrected chi connectivity index (χ0v) is 10.5. The van der Waals surface area contributed by atoms with Crippen molar-refractivity contribution < 1.29 is 14.3 Å². The molecule has 2 aliphatic rings. The van der Waals surface area contributed by atoms with Crippen LogP contribution in [0.3, 0.4) is 0 Å². The van der Waals surface area contributed by atoms with Gasteiger partial charge in [0.05, 0.1) is 13.0 Å². The summed E-state index contributed by atoms with van der Waals surface area (Å²) < 4.78 is 4.86. The molecule has 4 nitrogen and oxygen atoms in total. The van der Waals surface area contributed by atoms with Crippen molar-refractivity contribution >= 4 is 11.8 Å². The molecule has 1 unspecified atom stereocenters. The van der Waals surface area contributed by atoms with Gasteiger partial charge < -0.3 is 9.64 Å². The van der Waals surface area contributed by atoms with Crippen molar-refractivity contribution in [3.63, 3.8) is 0 Å². The maximum Gasteiger partial charge on any atom is 0.306 e. The minimum Gasteiger partial charge on any atom is -0.466 e. The van der Waals surface area contributed by atoms with Crippen molar-refractivity contribution in [1.82, 2.24) is 4.90 Å². The molecule has 2 bridgehead atoms. The van der Waals surface area contributed by atoms with Gasteiger partial charge in [-0.05, 0) is 39.3 Å². The molecule has 0 aliphatic carbocycles. The van der Waals surface area contributed by atoms with E-state index in [9.17, 15) is 9.59 Å². The van der Waals surface area contributed by atoms with E-state index in [-0.39, 0.29) is 23.6 Å². The highest BCUT2D eigenvalue weighted by Gasteiger charge is 2.45. The summed E-state index contributed by atoms with van der Waals surface area (Å²) >= 11 is 0. The van der Waals surface area contributed by atoms with Gasteiger partial charge in [-0.25, -0.2) is 0 Å². The van der Waals surface area contributed by atoms with Crippen molar-refractivity contribution in [2.24, 2.45) is 5.41 Å². The van der Waals surface area contributed by atoms with Gasteiger partial charge in [-0.3, -0.25) is 9.59 Å². The number of ether oxygens (including phenoxy) is 1. The second-order valence-electron chi connectivity index (χ2n) is 5.14. The Morgan fingerprint density at radius 3 is 2.82 bits per heavy atom. The fourth-order valence-electron chi connectivity index (χ4n) is 3.08. The third-order valence-electron chi connectivity index (χ3n) is 4.02. The van der Waals surface area contributed by atoms with Gasteiger partial charge in [-0.15, -0.1) is 0 Å². The van der Waals surface area contributed by atoms with E-state index < -0.39 is 0 Å². The van der Waals surface area contributed by atoms with E-state index in [1.807, 2.05) is 0 Å². The smallest absolute Gasteiger partial charge is 0.306 e. The summed E-state index contributed by atoms with van der Waals surface area (Å²) in [6.45, 7) is 5.27. The van der Waals surface area contributed by atoms with E-state index in [1.54, 1.807) is 6.92 Å². The molecule has 0 saturated carbocycles. The topological polar surface area (TPSA) is 46.6 Å². The third kappa shape index (κ3) is 2.68. The summed E-state index contributed by atoms with van der Waals surface area (Å²) in [6, 6.07) is 0. The lowest BCUT2D eigenvalue weighted by molar-refractivity contribution is -0.145. The van der Waals surface area contributed by atoms with Crippen LogP contribution in [0.5, 0.6) is 0 Å². The second-order valence-corrected chi connectivity index (χ2v) is 5.14. The standard InChI is InChI=1S/C13H21NO3/c1-2-17-12(16)5-4-11(15)13-6-3-8-14(10-13)9-7-13/h2-10H2,1H3/t13-/m0/s1. The Bertz CT molecular complexity index is 312. The summed E-state index contributed by atoms with van der Waals surface area (Å²) in [5.41, 5.74) is -0.134. The Hall–Kier alpha value is -0.900. The Kier molecular flexibility index (Phi) is 3.82. The van der Waals surface area contributed by atoms with E-state index >= 15 is 0 Å². The molecule has 96 valence electrons. The van der Waals surface area contributed by atoms with Crippen molar-refractivity contribution in [1.29, 1.82) is 0 Å². The molecular weight excluding hydrogens is 218 g/mol. The SMILES string of the molecule is CCOC(=O)CCC(=O)[C@@]12CCCN(CC1)C2. The zero-order chi connectivity index (χ0) is 12.3. The van der Waals surface area contributed by atoms with Gasteiger partial charge in [0.2, 0.25) is 0 Å². The number of Topliss-reactive ketones (excluding diaryl/α,β-unsaturated/α-hetero) is 1. The lowest BCUT2D eigenvalue weighted by Crippen LogP contribution is -2.39. The van der Waals surface area contributed by atoms with Gasteiger partial charge in [0.1, 0.15) is 5.78 Å². The second kappa shape index (κ2) is 5.17. The molecule has 0 aromatic carbocycles. The van der Waals surface area contributed by atoms with E-state index in [2.05, 4.69) is 4.90 Å². The first-order valence-corrected chi connectivity index (χ1v) is 6.57. The average molecular weight is 239 g/mol. The summed E-state index contributed by atoms with van der Waals surface area (Å²) in [6.07, 6.45) is 3.70. The molecule has 17 heavy (non-hydrogen) atoms. The van der Waals surface area contributed by atoms with E-state index in [1.165, 1.54) is 0 Å². The largest absolute Gasteiger partial charge is 0.466 e. The normalized spacial score (nSPS) is 31.2. The number of rotatable bonds is 5. The van der Waals surface area contributed by atoms with Gasteiger partial charge in [0.15, 0.2) is 0 Å². The fraction of sp³-hybridized carbons (Fsp3) is 0.846. The van der Waals surface area contributed by atoms with E-state index in [4.69, 9.17) is 4.74 Å². The molecule has 2 aliphatic heterocycles. The van der Waals surface area contributed by atoms with Crippen LogP contribution in [0.15, 0.2) is 0 Å². The van der Waals surface area contributed by atoms with Crippen molar-refractivity contribution in [2.75, 3.05) is 26.2 Å². The Labute approximate surface area is 102 Å². The monoisotopic (exact) mass is 239 g/mol.